The number of nitrogen functional groups attached to an aromatic ring is 1. The summed E-state index contributed by atoms with van der Waals surface area (Å²) in [4.78, 5) is 59.5. The Hall–Kier alpha value is -6.28. The molecular weight excluding hydrogens is 986 g/mol. The molecule has 2 atom stereocenters. The van der Waals surface area contributed by atoms with Gasteiger partial charge in [0.15, 0.2) is 10.9 Å². The Kier molecular flexibility index (Phi) is 11.8. The van der Waals surface area contributed by atoms with E-state index in [0.29, 0.717) is 79.6 Å². The number of carbonyl (C=O) groups is 1. The van der Waals surface area contributed by atoms with Crippen LogP contribution in [0.15, 0.2) is 113 Å². The number of piperazine rings is 2. The molecule has 4 N–H and O–H groups in total. The standard InChI is InChI=1S/C50H47F2IN10O3S/c1-29(31-10-14-33(51)15-11-31)59-22-26-62(27-23-59)63-40-9-5-7-37(44(40)57-47(54)48(63)66)43-38(35-6-4-8-39-36(35)18-19-42(65)56-39)28-41-45(58-49(67-41)55-30(2)64)46(43)60-20-24-61(25-21-60)50(3,53)32-12-16-34(52)17-13-32/h4-19,28-29H,20-27H2,1-3H3,(H2,54,57)(H,56,65)(H,55,58,64). The number of thiazole rings is 1. The summed E-state index contributed by atoms with van der Waals surface area (Å²) in [5, 5.41) is 6.21. The predicted octanol–water partition coefficient (Wildman–Crippen LogP) is 8.45. The van der Waals surface area contributed by atoms with Crippen LogP contribution in [0.1, 0.15) is 37.9 Å². The molecule has 0 bridgehead atoms. The minimum Gasteiger partial charge on any atom is -0.379 e. The van der Waals surface area contributed by atoms with Gasteiger partial charge >= 0.3 is 5.56 Å². The first kappa shape index (κ1) is 44.6. The van der Waals surface area contributed by atoms with Crippen LogP contribution in [-0.2, 0) is 8.34 Å². The average Bonchev–Trinajstić information content (AvgIpc) is 3.72. The molecule has 2 aliphatic heterocycles. The Morgan fingerprint density at radius 1 is 0.821 bits per heavy atom. The number of aromatic nitrogens is 4. The fraction of sp³-hybridized carbons (Fsp3) is 0.260. The number of nitrogens with zero attached hydrogens (tertiary/aromatic N) is 7. The van der Waals surface area contributed by atoms with Crippen molar-refractivity contribution in [2.45, 2.75) is 30.4 Å². The highest BCUT2D eigenvalue weighted by Gasteiger charge is 2.36. The molecule has 5 heterocycles. The SMILES string of the molecule is CC(=O)Nc1nc2c(N3CCN(C(C)(I)c4ccc(F)cc4)CC3)c(-c3cccc4c3nc(N)c(=O)n4N3CCN(C(C)c4ccc(F)cc4)CC3)c(-c3cccc4[nH]c(=O)ccc34)cc2s1. The van der Waals surface area contributed by atoms with E-state index in [0.717, 1.165) is 49.2 Å². The van der Waals surface area contributed by atoms with Gasteiger partial charge in [-0.1, -0.05) is 82.5 Å². The van der Waals surface area contributed by atoms with Crippen molar-refractivity contribution < 1.29 is 13.6 Å². The highest BCUT2D eigenvalue weighted by atomic mass is 127. The molecular formula is C50H47F2IN10O3S. The van der Waals surface area contributed by atoms with E-state index in [2.05, 4.69) is 67.5 Å². The number of alkyl halides is 1. The van der Waals surface area contributed by atoms with Crippen LogP contribution in [0.5, 0.6) is 0 Å². The normalized spacial score (nSPS) is 16.4. The molecule has 13 nitrogen and oxygen atoms in total. The first-order chi connectivity index (χ1) is 32.2. The summed E-state index contributed by atoms with van der Waals surface area (Å²) in [6.07, 6.45) is 0. The van der Waals surface area contributed by atoms with Crippen molar-refractivity contribution in [1.82, 2.24) is 29.4 Å². The molecule has 3 aromatic heterocycles. The van der Waals surface area contributed by atoms with Crippen molar-refractivity contribution in [3.8, 4) is 22.3 Å². The molecule has 0 aliphatic carbocycles. The minimum absolute atomic E-state index is 0.0382. The highest BCUT2D eigenvalue weighted by Crippen LogP contribution is 2.50. The number of amides is 1. The number of pyridine rings is 1. The molecule has 342 valence electrons. The maximum Gasteiger partial charge on any atom is 0.312 e. The summed E-state index contributed by atoms with van der Waals surface area (Å²) in [7, 11) is 0. The number of para-hydroxylation sites is 1. The van der Waals surface area contributed by atoms with E-state index in [1.807, 2.05) is 71.7 Å². The molecule has 5 aromatic carbocycles. The third-order valence-electron chi connectivity index (χ3n) is 13.2. The van der Waals surface area contributed by atoms with Crippen LogP contribution < -0.4 is 32.1 Å². The topological polar surface area (TPSA) is 149 Å². The number of rotatable bonds is 9. The Labute approximate surface area is 402 Å². The van der Waals surface area contributed by atoms with Crippen molar-refractivity contribution >= 4 is 88.6 Å². The van der Waals surface area contributed by atoms with Crippen LogP contribution >= 0.6 is 33.9 Å². The van der Waals surface area contributed by atoms with E-state index in [4.69, 9.17) is 15.7 Å². The van der Waals surface area contributed by atoms with Gasteiger partial charge in [-0.05, 0) is 84.6 Å². The number of halogens is 3. The predicted molar refractivity (Wildman–Crippen MR) is 273 cm³/mol. The van der Waals surface area contributed by atoms with E-state index in [1.165, 1.54) is 48.6 Å². The Morgan fingerprint density at radius 3 is 2.19 bits per heavy atom. The molecule has 17 heteroatoms. The van der Waals surface area contributed by atoms with Gasteiger partial charge in [0.25, 0.3) is 0 Å². The number of carbonyl (C=O) groups excluding carboxylic acids is 1. The minimum atomic E-state index is -0.429. The summed E-state index contributed by atoms with van der Waals surface area (Å²) >= 11 is 3.83. The third kappa shape index (κ3) is 8.31. The van der Waals surface area contributed by atoms with Gasteiger partial charge in [0.1, 0.15) is 17.2 Å². The lowest BCUT2D eigenvalue weighted by molar-refractivity contribution is -0.114. The second kappa shape index (κ2) is 17.7. The van der Waals surface area contributed by atoms with Gasteiger partial charge in [0, 0.05) is 93.4 Å². The van der Waals surface area contributed by atoms with E-state index in [1.54, 1.807) is 4.68 Å². The van der Waals surface area contributed by atoms with E-state index in [-0.39, 0.29) is 35.0 Å². The zero-order valence-electron chi connectivity index (χ0n) is 37.0. The number of benzene rings is 5. The molecule has 2 fully saturated rings. The molecule has 0 radical (unpaired) electrons. The zero-order valence-corrected chi connectivity index (χ0v) is 40.0. The van der Waals surface area contributed by atoms with Crippen molar-refractivity contribution in [3.63, 3.8) is 0 Å². The lowest BCUT2D eigenvalue weighted by Gasteiger charge is -2.44. The van der Waals surface area contributed by atoms with Crippen LogP contribution in [0.3, 0.4) is 0 Å². The van der Waals surface area contributed by atoms with Crippen molar-refractivity contribution in [2.75, 3.05) is 73.3 Å². The quantitative estimate of drug-likeness (QED) is 0.0731. The van der Waals surface area contributed by atoms with Gasteiger partial charge in [0.05, 0.1) is 25.0 Å². The number of hydrogen-bond donors (Lipinski definition) is 3. The lowest BCUT2D eigenvalue weighted by atomic mass is 9.89. The molecule has 67 heavy (non-hydrogen) atoms. The summed E-state index contributed by atoms with van der Waals surface area (Å²) in [5.74, 6) is -0.951. The molecule has 1 amide bonds. The maximum atomic E-state index is 14.3. The van der Waals surface area contributed by atoms with Crippen LogP contribution in [0.2, 0.25) is 0 Å². The van der Waals surface area contributed by atoms with Crippen LogP contribution in [0, 0.1) is 11.6 Å². The number of fused-ring (bicyclic) bond motifs is 3. The zero-order chi connectivity index (χ0) is 46.7. The Bertz CT molecular complexity index is 3330. The number of nitrogens with one attached hydrogen (secondary N) is 2. The first-order valence-electron chi connectivity index (χ1n) is 22.1. The second-order valence-electron chi connectivity index (χ2n) is 17.2. The summed E-state index contributed by atoms with van der Waals surface area (Å²) in [6, 6.07) is 30.4. The Morgan fingerprint density at radius 2 is 1.49 bits per heavy atom. The molecule has 8 aromatic rings. The van der Waals surface area contributed by atoms with Gasteiger partial charge in [0.2, 0.25) is 11.5 Å². The summed E-state index contributed by atoms with van der Waals surface area (Å²) < 4.78 is 29.9. The number of nitrogens with two attached hydrogens (primary N) is 1. The van der Waals surface area contributed by atoms with Gasteiger partial charge in [-0.15, -0.1) is 0 Å². The van der Waals surface area contributed by atoms with E-state index < -0.39 is 9.10 Å². The summed E-state index contributed by atoms with van der Waals surface area (Å²) in [6.45, 7) is 10.5. The molecule has 2 aliphatic rings. The molecule has 2 saturated heterocycles. The van der Waals surface area contributed by atoms with Crippen molar-refractivity contribution in [3.05, 3.63) is 147 Å². The number of anilines is 3. The molecule has 2 unspecified atom stereocenters. The van der Waals surface area contributed by atoms with Crippen LogP contribution in [0.4, 0.5) is 25.4 Å². The first-order valence-corrected chi connectivity index (χ1v) is 24.0. The van der Waals surface area contributed by atoms with E-state index in [9.17, 15) is 23.2 Å². The monoisotopic (exact) mass is 1030 g/mol. The van der Waals surface area contributed by atoms with Crippen molar-refractivity contribution in [1.29, 1.82) is 0 Å². The van der Waals surface area contributed by atoms with Gasteiger partial charge in [-0.25, -0.2) is 23.4 Å². The van der Waals surface area contributed by atoms with E-state index >= 15 is 0 Å². The average molecular weight is 1030 g/mol. The Balaban J connectivity index is 1.15. The van der Waals surface area contributed by atoms with Crippen LogP contribution in [0.25, 0.3) is 54.4 Å². The van der Waals surface area contributed by atoms with Crippen LogP contribution in [-0.4, -0.2) is 87.7 Å². The third-order valence-corrected chi connectivity index (χ3v) is 15.4. The fourth-order valence-electron chi connectivity index (χ4n) is 9.69. The van der Waals surface area contributed by atoms with Gasteiger partial charge < -0.3 is 25.9 Å². The number of H-pyrrole nitrogens is 1. The largest absolute Gasteiger partial charge is 0.379 e. The van der Waals surface area contributed by atoms with Gasteiger partial charge in [-0.3, -0.25) is 24.2 Å². The second-order valence-corrected chi connectivity index (χ2v) is 20.4. The van der Waals surface area contributed by atoms with Gasteiger partial charge in [-0.2, -0.15) is 0 Å². The highest BCUT2D eigenvalue weighted by molar-refractivity contribution is 14.1. The maximum absolute atomic E-state index is 14.3. The summed E-state index contributed by atoms with van der Waals surface area (Å²) in [5.41, 5.74) is 14.5. The molecule has 0 saturated carbocycles. The molecule has 0 spiro atoms. The van der Waals surface area contributed by atoms with Crippen molar-refractivity contribution in [2.24, 2.45) is 0 Å². The molecule has 10 rings (SSSR count). The smallest absolute Gasteiger partial charge is 0.312 e. The fourth-order valence-corrected chi connectivity index (χ4v) is 11.5. The number of aromatic amines is 1. The lowest BCUT2D eigenvalue weighted by Crippen LogP contribution is -2.54. The number of hydrogen-bond acceptors (Lipinski definition) is 11.